The smallest absolute Gasteiger partial charge is 0.317 e. The second-order valence-electron chi connectivity index (χ2n) is 4.89. The SMILES string of the molecule is CCOC1(c2c[nH]c3c(c2=O)CC(=O)CC3)OCCO1. The number of hydrogen-bond donors (Lipinski definition) is 1. The molecule has 1 N–H and O–H groups in total. The first-order valence-electron chi connectivity index (χ1n) is 6.84. The molecule has 0 saturated carbocycles. The van der Waals surface area contributed by atoms with Crippen molar-refractivity contribution < 1.29 is 19.0 Å². The molecule has 6 heteroatoms. The maximum absolute atomic E-state index is 12.6. The van der Waals surface area contributed by atoms with Crippen molar-refractivity contribution in [3.8, 4) is 0 Å². The molecule has 1 aliphatic heterocycles. The molecule has 6 nitrogen and oxygen atoms in total. The zero-order valence-corrected chi connectivity index (χ0v) is 11.4. The number of aryl methyl sites for hydroxylation is 1. The first kappa shape index (κ1) is 13.5. The van der Waals surface area contributed by atoms with Crippen molar-refractivity contribution in [1.29, 1.82) is 0 Å². The van der Waals surface area contributed by atoms with Crippen LogP contribution in [0.2, 0.25) is 0 Å². The lowest BCUT2D eigenvalue weighted by molar-refractivity contribution is -0.342. The van der Waals surface area contributed by atoms with Gasteiger partial charge >= 0.3 is 5.97 Å². The standard InChI is InChI=1S/C14H17NO5/c1-2-18-14(19-5-6-20-14)11-8-15-12-4-3-9(16)7-10(12)13(11)17/h8H,2-7H2,1H3,(H,15,17). The molecule has 1 fully saturated rings. The van der Waals surface area contributed by atoms with Crippen LogP contribution in [-0.4, -0.2) is 30.6 Å². The van der Waals surface area contributed by atoms with Crippen LogP contribution in [0.3, 0.4) is 0 Å². The quantitative estimate of drug-likeness (QED) is 0.878. The van der Waals surface area contributed by atoms with Gasteiger partial charge in [0.1, 0.15) is 11.3 Å². The number of nitrogens with one attached hydrogen (secondary N) is 1. The Kier molecular flexibility index (Phi) is 3.45. The topological polar surface area (TPSA) is 77.6 Å². The normalized spacial score (nSPS) is 20.9. The van der Waals surface area contributed by atoms with Gasteiger partial charge in [0.05, 0.1) is 13.2 Å². The van der Waals surface area contributed by atoms with E-state index in [1.165, 1.54) is 0 Å². The minimum atomic E-state index is -1.43. The number of carbonyl (C=O) groups excluding carboxylic acids is 1. The number of Topliss-reactive ketones (excluding diaryl/α,β-unsaturated/α-hetero) is 1. The molecule has 0 spiro atoms. The van der Waals surface area contributed by atoms with E-state index in [1.807, 2.05) is 6.92 Å². The fraction of sp³-hybridized carbons (Fsp3) is 0.571. The summed E-state index contributed by atoms with van der Waals surface area (Å²) >= 11 is 0. The lowest BCUT2D eigenvalue weighted by Gasteiger charge is -2.27. The van der Waals surface area contributed by atoms with Gasteiger partial charge in [0.25, 0.3) is 0 Å². The number of rotatable bonds is 3. The molecule has 0 unspecified atom stereocenters. The predicted octanol–water partition coefficient (Wildman–Crippen LogP) is 0.626. The highest BCUT2D eigenvalue weighted by molar-refractivity contribution is 5.82. The highest BCUT2D eigenvalue weighted by Crippen LogP contribution is 2.31. The van der Waals surface area contributed by atoms with Crippen molar-refractivity contribution in [3.63, 3.8) is 0 Å². The average Bonchev–Trinajstić information content (AvgIpc) is 2.90. The Morgan fingerprint density at radius 3 is 2.75 bits per heavy atom. The molecule has 1 aliphatic carbocycles. The van der Waals surface area contributed by atoms with Crippen molar-refractivity contribution in [2.75, 3.05) is 19.8 Å². The molecule has 0 radical (unpaired) electrons. The Labute approximate surface area is 116 Å². The van der Waals surface area contributed by atoms with Crippen LogP contribution in [0.15, 0.2) is 11.0 Å². The third kappa shape index (κ3) is 2.09. The molecule has 0 atom stereocenters. The number of fused-ring (bicyclic) bond motifs is 1. The van der Waals surface area contributed by atoms with E-state index in [0.29, 0.717) is 38.2 Å². The van der Waals surface area contributed by atoms with Crippen LogP contribution in [0.1, 0.15) is 30.2 Å². The second-order valence-corrected chi connectivity index (χ2v) is 4.89. The summed E-state index contributed by atoms with van der Waals surface area (Å²) in [6, 6.07) is 0. The summed E-state index contributed by atoms with van der Waals surface area (Å²) in [5.41, 5.74) is 1.40. The van der Waals surface area contributed by atoms with Gasteiger partial charge in [-0.15, -0.1) is 0 Å². The van der Waals surface area contributed by atoms with E-state index in [0.717, 1.165) is 5.69 Å². The first-order valence-corrected chi connectivity index (χ1v) is 6.84. The van der Waals surface area contributed by atoms with Crippen LogP contribution < -0.4 is 5.43 Å². The Balaban J connectivity index is 2.08. The van der Waals surface area contributed by atoms with Gasteiger partial charge in [-0.05, 0) is 13.3 Å². The van der Waals surface area contributed by atoms with E-state index in [9.17, 15) is 9.59 Å². The molecule has 2 aliphatic rings. The monoisotopic (exact) mass is 279 g/mol. The van der Waals surface area contributed by atoms with E-state index < -0.39 is 5.97 Å². The predicted molar refractivity (Wildman–Crippen MR) is 69.3 cm³/mol. The van der Waals surface area contributed by atoms with E-state index >= 15 is 0 Å². The molecule has 0 bridgehead atoms. The number of carbonyl (C=O) groups is 1. The molecule has 0 amide bonds. The van der Waals surface area contributed by atoms with E-state index in [4.69, 9.17) is 14.2 Å². The van der Waals surface area contributed by atoms with E-state index in [-0.39, 0.29) is 23.2 Å². The Morgan fingerprint density at radius 1 is 1.30 bits per heavy atom. The van der Waals surface area contributed by atoms with Crippen LogP contribution in [0.5, 0.6) is 0 Å². The summed E-state index contributed by atoms with van der Waals surface area (Å²) in [7, 11) is 0. The van der Waals surface area contributed by atoms with Gasteiger partial charge in [0, 0.05) is 36.9 Å². The number of ether oxygens (including phenoxy) is 3. The van der Waals surface area contributed by atoms with Gasteiger partial charge in [0.2, 0.25) is 0 Å². The van der Waals surface area contributed by atoms with Crippen LogP contribution in [0.4, 0.5) is 0 Å². The summed E-state index contributed by atoms with van der Waals surface area (Å²) in [6.45, 7) is 2.91. The number of pyridine rings is 1. The van der Waals surface area contributed by atoms with Gasteiger partial charge in [-0.25, -0.2) is 0 Å². The summed E-state index contributed by atoms with van der Waals surface area (Å²) < 4.78 is 16.6. The van der Waals surface area contributed by atoms with E-state index in [1.54, 1.807) is 6.20 Å². The zero-order chi connectivity index (χ0) is 14.2. The highest BCUT2D eigenvalue weighted by atomic mass is 16.9. The Morgan fingerprint density at radius 2 is 2.05 bits per heavy atom. The van der Waals surface area contributed by atoms with Gasteiger partial charge in [-0.2, -0.15) is 0 Å². The van der Waals surface area contributed by atoms with Crippen LogP contribution >= 0.6 is 0 Å². The summed E-state index contributed by atoms with van der Waals surface area (Å²) in [6.07, 6.45) is 2.80. The highest BCUT2D eigenvalue weighted by Gasteiger charge is 2.43. The third-order valence-corrected chi connectivity index (χ3v) is 3.63. The fourth-order valence-electron chi connectivity index (χ4n) is 2.70. The minimum Gasteiger partial charge on any atom is -0.364 e. The molecule has 3 rings (SSSR count). The van der Waals surface area contributed by atoms with Crippen LogP contribution in [0, 0.1) is 0 Å². The van der Waals surface area contributed by atoms with Crippen molar-refractivity contribution in [1.82, 2.24) is 4.98 Å². The molecule has 1 aromatic heterocycles. The minimum absolute atomic E-state index is 0.0823. The van der Waals surface area contributed by atoms with Crippen molar-refractivity contribution in [3.05, 3.63) is 33.2 Å². The molecule has 1 saturated heterocycles. The molecule has 2 heterocycles. The van der Waals surface area contributed by atoms with Crippen molar-refractivity contribution in [2.24, 2.45) is 0 Å². The van der Waals surface area contributed by atoms with Gasteiger partial charge in [-0.3, -0.25) is 9.59 Å². The summed E-state index contributed by atoms with van der Waals surface area (Å²) in [5.74, 6) is -1.35. The zero-order valence-electron chi connectivity index (χ0n) is 11.4. The molecule has 108 valence electrons. The average molecular weight is 279 g/mol. The van der Waals surface area contributed by atoms with Crippen LogP contribution in [-0.2, 0) is 37.8 Å². The molecular formula is C14H17NO5. The third-order valence-electron chi connectivity index (χ3n) is 3.63. The molecule has 20 heavy (non-hydrogen) atoms. The number of aromatic amines is 1. The number of hydrogen-bond acceptors (Lipinski definition) is 5. The number of ketones is 1. The van der Waals surface area contributed by atoms with Gasteiger partial charge in [0.15, 0.2) is 5.43 Å². The summed E-state index contributed by atoms with van der Waals surface area (Å²) in [4.78, 5) is 27.3. The fourth-order valence-corrected chi connectivity index (χ4v) is 2.70. The Bertz CT molecular complexity index is 586. The molecule has 1 aromatic rings. The molecule has 0 aromatic carbocycles. The first-order chi connectivity index (χ1) is 9.66. The van der Waals surface area contributed by atoms with Gasteiger partial charge in [-0.1, -0.05) is 0 Å². The maximum Gasteiger partial charge on any atom is 0.317 e. The lowest BCUT2D eigenvalue weighted by Crippen LogP contribution is -2.38. The Hall–Kier alpha value is -1.50. The summed E-state index contributed by atoms with van der Waals surface area (Å²) in [5, 5.41) is 0. The van der Waals surface area contributed by atoms with Gasteiger partial charge < -0.3 is 19.2 Å². The van der Waals surface area contributed by atoms with Crippen molar-refractivity contribution >= 4 is 5.78 Å². The van der Waals surface area contributed by atoms with Crippen LogP contribution in [0.25, 0.3) is 0 Å². The number of H-pyrrole nitrogens is 1. The van der Waals surface area contributed by atoms with E-state index in [2.05, 4.69) is 4.98 Å². The molecular weight excluding hydrogens is 262 g/mol. The second kappa shape index (κ2) is 5.12. The maximum atomic E-state index is 12.6. The van der Waals surface area contributed by atoms with Crippen molar-refractivity contribution in [2.45, 2.75) is 32.2 Å². The number of aromatic nitrogens is 1. The largest absolute Gasteiger partial charge is 0.364 e. The lowest BCUT2D eigenvalue weighted by atomic mass is 9.93.